The highest BCUT2D eigenvalue weighted by atomic mass is 32.2. The number of rotatable bonds is 4. The van der Waals surface area contributed by atoms with Crippen molar-refractivity contribution >= 4 is 21.2 Å². The summed E-state index contributed by atoms with van der Waals surface area (Å²) in [7, 11) is -3.46. The summed E-state index contributed by atoms with van der Waals surface area (Å²) in [5, 5.41) is 13.9. The minimum absolute atomic E-state index is 0.000751. The van der Waals surface area contributed by atoms with Crippen LogP contribution < -0.4 is 11.1 Å². The first-order chi connectivity index (χ1) is 8.29. The minimum Gasteiger partial charge on any atom is -0.375 e. The standard InChI is InChI=1S/C10H13N3O4S/c1-18(16,17)6-2-3-8(10(4-6)13(14)15)12-9-5-7(9)11/h2-4,7,9,12H,5,11H2,1H3. The van der Waals surface area contributed by atoms with Gasteiger partial charge in [-0.1, -0.05) is 0 Å². The number of nitrogens with one attached hydrogen (secondary N) is 1. The van der Waals surface area contributed by atoms with E-state index in [4.69, 9.17) is 5.73 Å². The van der Waals surface area contributed by atoms with E-state index in [-0.39, 0.29) is 22.7 Å². The molecule has 8 heteroatoms. The largest absolute Gasteiger partial charge is 0.375 e. The average molecular weight is 271 g/mol. The molecule has 0 radical (unpaired) electrons. The smallest absolute Gasteiger partial charge is 0.293 e. The van der Waals surface area contributed by atoms with Crippen molar-refractivity contribution in [1.29, 1.82) is 0 Å². The molecule has 0 heterocycles. The Hall–Kier alpha value is -1.67. The molecule has 98 valence electrons. The van der Waals surface area contributed by atoms with Crippen LogP contribution in [-0.2, 0) is 9.84 Å². The van der Waals surface area contributed by atoms with E-state index in [0.717, 1.165) is 18.7 Å². The average Bonchev–Trinajstić information content (AvgIpc) is 2.92. The fourth-order valence-corrected chi connectivity index (χ4v) is 2.24. The summed E-state index contributed by atoms with van der Waals surface area (Å²) in [6, 6.07) is 3.83. The number of sulfone groups is 1. The highest BCUT2D eigenvalue weighted by molar-refractivity contribution is 7.90. The summed E-state index contributed by atoms with van der Waals surface area (Å²) in [5.41, 5.74) is 5.66. The highest BCUT2D eigenvalue weighted by Crippen LogP contribution is 2.32. The molecule has 1 aromatic carbocycles. The van der Waals surface area contributed by atoms with Crippen LogP contribution in [0.1, 0.15) is 6.42 Å². The zero-order valence-corrected chi connectivity index (χ0v) is 10.5. The maximum Gasteiger partial charge on any atom is 0.293 e. The molecule has 0 amide bonds. The molecule has 1 aromatic rings. The third-order valence-electron chi connectivity index (χ3n) is 2.77. The Kier molecular flexibility index (Phi) is 2.99. The Labute approximate surface area is 104 Å². The van der Waals surface area contributed by atoms with Crippen molar-refractivity contribution in [3.63, 3.8) is 0 Å². The van der Waals surface area contributed by atoms with Crippen LogP contribution in [0.5, 0.6) is 0 Å². The van der Waals surface area contributed by atoms with E-state index in [9.17, 15) is 18.5 Å². The van der Waals surface area contributed by atoms with Crippen LogP contribution in [0.4, 0.5) is 11.4 Å². The van der Waals surface area contributed by atoms with Gasteiger partial charge >= 0.3 is 0 Å². The molecule has 18 heavy (non-hydrogen) atoms. The van der Waals surface area contributed by atoms with Gasteiger partial charge in [-0.15, -0.1) is 0 Å². The van der Waals surface area contributed by atoms with E-state index < -0.39 is 14.8 Å². The van der Waals surface area contributed by atoms with Crippen molar-refractivity contribution in [1.82, 2.24) is 0 Å². The number of nitrogens with two attached hydrogens (primary N) is 1. The van der Waals surface area contributed by atoms with Gasteiger partial charge in [0.15, 0.2) is 9.84 Å². The Bertz CT molecular complexity index is 599. The van der Waals surface area contributed by atoms with Gasteiger partial charge in [-0.25, -0.2) is 8.42 Å². The Morgan fingerprint density at radius 1 is 1.50 bits per heavy atom. The first-order valence-electron chi connectivity index (χ1n) is 5.29. The zero-order chi connectivity index (χ0) is 13.5. The normalized spacial score (nSPS) is 22.6. The van der Waals surface area contributed by atoms with Crippen LogP contribution in [0, 0.1) is 10.1 Å². The minimum atomic E-state index is -3.46. The van der Waals surface area contributed by atoms with Gasteiger partial charge in [-0.2, -0.15) is 0 Å². The second-order valence-corrected chi connectivity index (χ2v) is 6.37. The van der Waals surface area contributed by atoms with Gasteiger partial charge in [0, 0.05) is 24.4 Å². The molecule has 1 fully saturated rings. The van der Waals surface area contributed by atoms with Crippen molar-refractivity contribution in [2.24, 2.45) is 5.73 Å². The molecule has 0 aliphatic heterocycles. The lowest BCUT2D eigenvalue weighted by atomic mass is 10.2. The van der Waals surface area contributed by atoms with Crippen LogP contribution in [0.15, 0.2) is 23.1 Å². The van der Waals surface area contributed by atoms with E-state index >= 15 is 0 Å². The summed E-state index contributed by atoms with van der Waals surface area (Å²) in [6.07, 6.45) is 1.76. The van der Waals surface area contributed by atoms with Crippen molar-refractivity contribution in [2.45, 2.75) is 23.4 Å². The molecule has 0 bridgehead atoms. The number of benzene rings is 1. The van der Waals surface area contributed by atoms with Crippen LogP contribution in [0.2, 0.25) is 0 Å². The molecule has 3 N–H and O–H groups in total. The van der Waals surface area contributed by atoms with Gasteiger partial charge in [0.05, 0.1) is 9.82 Å². The molecule has 7 nitrogen and oxygen atoms in total. The lowest BCUT2D eigenvalue weighted by Gasteiger charge is -2.07. The van der Waals surface area contributed by atoms with E-state index in [1.165, 1.54) is 12.1 Å². The second kappa shape index (κ2) is 4.21. The number of anilines is 1. The van der Waals surface area contributed by atoms with Crippen LogP contribution in [0.3, 0.4) is 0 Å². The molecule has 1 saturated carbocycles. The van der Waals surface area contributed by atoms with Crippen LogP contribution >= 0.6 is 0 Å². The predicted octanol–water partition coefficient (Wildman–Crippen LogP) is 0.510. The number of hydrogen-bond acceptors (Lipinski definition) is 6. The first-order valence-corrected chi connectivity index (χ1v) is 7.19. The highest BCUT2D eigenvalue weighted by Gasteiger charge is 2.35. The number of hydrogen-bond donors (Lipinski definition) is 2. The maximum absolute atomic E-state index is 11.3. The number of nitro benzene ring substituents is 1. The summed E-state index contributed by atoms with van der Waals surface area (Å²) in [6.45, 7) is 0. The monoisotopic (exact) mass is 271 g/mol. The third-order valence-corrected chi connectivity index (χ3v) is 3.88. The second-order valence-electron chi connectivity index (χ2n) is 4.36. The molecule has 1 aliphatic carbocycles. The van der Waals surface area contributed by atoms with E-state index in [0.29, 0.717) is 5.69 Å². The molecule has 0 saturated heterocycles. The topological polar surface area (TPSA) is 115 Å². The van der Waals surface area contributed by atoms with Gasteiger partial charge in [-0.05, 0) is 18.6 Å². The van der Waals surface area contributed by atoms with Gasteiger partial charge in [0.2, 0.25) is 0 Å². The molecule has 1 aliphatic rings. The van der Waals surface area contributed by atoms with Crippen molar-refractivity contribution in [2.75, 3.05) is 11.6 Å². The number of nitro groups is 1. The quantitative estimate of drug-likeness (QED) is 0.609. The third kappa shape index (κ3) is 2.59. The van der Waals surface area contributed by atoms with Crippen LogP contribution in [-0.4, -0.2) is 31.7 Å². The summed E-state index contributed by atoms with van der Waals surface area (Å²) < 4.78 is 22.7. The van der Waals surface area contributed by atoms with Gasteiger partial charge in [0.1, 0.15) is 5.69 Å². The van der Waals surface area contributed by atoms with Gasteiger partial charge in [-0.3, -0.25) is 10.1 Å². The molecule has 0 aromatic heterocycles. The fourth-order valence-electron chi connectivity index (χ4n) is 1.60. The fraction of sp³-hybridized carbons (Fsp3) is 0.400. The Balaban J connectivity index is 2.38. The molecule has 2 atom stereocenters. The Morgan fingerprint density at radius 2 is 2.11 bits per heavy atom. The zero-order valence-electron chi connectivity index (χ0n) is 9.66. The lowest BCUT2D eigenvalue weighted by Crippen LogP contribution is -2.14. The van der Waals surface area contributed by atoms with Crippen molar-refractivity contribution in [3.8, 4) is 0 Å². The predicted molar refractivity (Wildman–Crippen MR) is 66.2 cm³/mol. The molecular weight excluding hydrogens is 258 g/mol. The van der Waals surface area contributed by atoms with Crippen molar-refractivity contribution in [3.05, 3.63) is 28.3 Å². The summed E-state index contributed by atoms with van der Waals surface area (Å²) in [5.74, 6) is 0. The molecular formula is C10H13N3O4S. The SMILES string of the molecule is CS(=O)(=O)c1ccc(NC2CC2N)c([N+](=O)[O-])c1. The Morgan fingerprint density at radius 3 is 2.56 bits per heavy atom. The first kappa shape index (κ1) is 12.8. The summed E-state index contributed by atoms with van der Waals surface area (Å²) >= 11 is 0. The van der Waals surface area contributed by atoms with E-state index in [2.05, 4.69) is 5.32 Å². The molecule has 2 rings (SSSR count). The number of nitrogens with zero attached hydrogens (tertiary/aromatic N) is 1. The van der Waals surface area contributed by atoms with Gasteiger partial charge in [0.25, 0.3) is 5.69 Å². The molecule has 2 unspecified atom stereocenters. The van der Waals surface area contributed by atoms with Crippen molar-refractivity contribution < 1.29 is 13.3 Å². The van der Waals surface area contributed by atoms with Gasteiger partial charge < -0.3 is 11.1 Å². The van der Waals surface area contributed by atoms with Crippen LogP contribution in [0.25, 0.3) is 0 Å². The summed E-state index contributed by atoms with van der Waals surface area (Å²) in [4.78, 5) is 10.2. The van der Waals surface area contributed by atoms with E-state index in [1.807, 2.05) is 0 Å². The van der Waals surface area contributed by atoms with E-state index in [1.54, 1.807) is 0 Å². The maximum atomic E-state index is 11.3. The molecule has 0 spiro atoms. The lowest BCUT2D eigenvalue weighted by molar-refractivity contribution is -0.384.